The highest BCUT2D eigenvalue weighted by molar-refractivity contribution is 5.69. The molecule has 7 nitrogen and oxygen atoms in total. The van der Waals surface area contributed by atoms with Crippen molar-refractivity contribution in [2.24, 2.45) is 14.1 Å². The molecule has 7 heteroatoms. The molecule has 0 amide bonds. The summed E-state index contributed by atoms with van der Waals surface area (Å²) in [4.78, 5) is 35.2. The quantitative estimate of drug-likeness (QED) is 0.708. The van der Waals surface area contributed by atoms with Crippen LogP contribution >= 0.6 is 0 Å². The smallest absolute Gasteiger partial charge is 0.332 e. The zero-order chi connectivity index (χ0) is 14.3. The highest BCUT2D eigenvalue weighted by Crippen LogP contribution is 2.09. The molecular formula is C13H13N5O2. The molecule has 0 unspecified atom stereocenters. The predicted molar refractivity (Wildman–Crippen MR) is 73.6 cm³/mol. The third-order valence-corrected chi connectivity index (χ3v) is 3.26. The van der Waals surface area contributed by atoms with Crippen molar-refractivity contribution >= 4 is 11.2 Å². The van der Waals surface area contributed by atoms with E-state index in [1.165, 1.54) is 11.6 Å². The predicted octanol–water partition coefficient (Wildman–Crippen LogP) is -0.0539. The molecular weight excluding hydrogens is 258 g/mol. The first-order chi connectivity index (χ1) is 9.58. The van der Waals surface area contributed by atoms with E-state index < -0.39 is 0 Å². The van der Waals surface area contributed by atoms with Crippen molar-refractivity contribution in [1.29, 1.82) is 0 Å². The summed E-state index contributed by atoms with van der Waals surface area (Å²) in [6, 6.07) is 3.76. The number of hydrogen-bond donors (Lipinski definition) is 1. The highest BCUT2D eigenvalue weighted by Gasteiger charge is 2.13. The lowest BCUT2D eigenvalue weighted by atomic mass is 10.2. The van der Waals surface area contributed by atoms with Crippen LogP contribution in [0.1, 0.15) is 11.4 Å². The van der Waals surface area contributed by atoms with E-state index in [1.54, 1.807) is 19.4 Å². The first-order valence-corrected chi connectivity index (χ1v) is 6.11. The Labute approximate surface area is 113 Å². The lowest BCUT2D eigenvalue weighted by Gasteiger charge is -2.00. The van der Waals surface area contributed by atoms with Gasteiger partial charge in [-0.25, -0.2) is 9.78 Å². The first-order valence-electron chi connectivity index (χ1n) is 6.11. The minimum Gasteiger partial charge on any atom is -0.336 e. The maximum Gasteiger partial charge on any atom is 0.332 e. The Morgan fingerprint density at radius 2 is 1.85 bits per heavy atom. The fourth-order valence-electron chi connectivity index (χ4n) is 2.15. The Morgan fingerprint density at radius 3 is 2.55 bits per heavy atom. The van der Waals surface area contributed by atoms with E-state index in [9.17, 15) is 9.59 Å². The van der Waals surface area contributed by atoms with E-state index >= 15 is 0 Å². The van der Waals surface area contributed by atoms with Crippen molar-refractivity contribution in [1.82, 2.24) is 24.1 Å². The number of rotatable bonds is 2. The molecule has 0 aliphatic heterocycles. The molecule has 0 saturated carbocycles. The average Bonchev–Trinajstić information content (AvgIpc) is 2.88. The first kappa shape index (κ1) is 12.3. The zero-order valence-electron chi connectivity index (χ0n) is 11.1. The number of hydrogen-bond acceptors (Lipinski definition) is 4. The van der Waals surface area contributed by atoms with Gasteiger partial charge in [0.15, 0.2) is 5.65 Å². The van der Waals surface area contributed by atoms with Gasteiger partial charge < -0.3 is 4.98 Å². The van der Waals surface area contributed by atoms with Crippen LogP contribution in [0.5, 0.6) is 0 Å². The van der Waals surface area contributed by atoms with Crippen molar-refractivity contribution in [2.75, 3.05) is 0 Å². The third-order valence-electron chi connectivity index (χ3n) is 3.26. The van der Waals surface area contributed by atoms with E-state index in [-0.39, 0.29) is 11.2 Å². The normalized spacial score (nSPS) is 11.1. The minimum atomic E-state index is -0.385. The summed E-state index contributed by atoms with van der Waals surface area (Å²) in [5.41, 5.74) is 1.00. The Morgan fingerprint density at radius 1 is 1.15 bits per heavy atom. The summed E-state index contributed by atoms with van der Waals surface area (Å²) in [6.45, 7) is 0. The van der Waals surface area contributed by atoms with E-state index in [4.69, 9.17) is 0 Å². The molecule has 1 N–H and O–H groups in total. The van der Waals surface area contributed by atoms with Crippen LogP contribution in [-0.2, 0) is 20.5 Å². The molecule has 102 valence electrons. The van der Waals surface area contributed by atoms with Gasteiger partial charge >= 0.3 is 5.69 Å². The molecule has 3 aromatic rings. The van der Waals surface area contributed by atoms with E-state index in [1.807, 2.05) is 12.1 Å². The molecule has 0 saturated heterocycles. The Bertz CT molecular complexity index is 889. The molecule has 0 atom stereocenters. The number of fused-ring (bicyclic) bond motifs is 1. The van der Waals surface area contributed by atoms with E-state index in [0.29, 0.717) is 23.4 Å². The van der Waals surface area contributed by atoms with Gasteiger partial charge in [-0.3, -0.25) is 18.9 Å². The second-order valence-corrected chi connectivity index (χ2v) is 4.62. The van der Waals surface area contributed by atoms with Crippen LogP contribution < -0.4 is 11.2 Å². The van der Waals surface area contributed by atoms with Crippen molar-refractivity contribution in [3.05, 3.63) is 56.8 Å². The third kappa shape index (κ3) is 1.83. The number of H-pyrrole nitrogens is 1. The fourth-order valence-corrected chi connectivity index (χ4v) is 2.15. The van der Waals surface area contributed by atoms with Gasteiger partial charge in [0, 0.05) is 32.9 Å². The van der Waals surface area contributed by atoms with Crippen LogP contribution in [0.4, 0.5) is 0 Å². The van der Waals surface area contributed by atoms with Crippen LogP contribution in [0.25, 0.3) is 11.2 Å². The molecule has 0 spiro atoms. The molecule has 3 aromatic heterocycles. The molecule has 0 bridgehead atoms. The number of aryl methyl sites for hydroxylation is 1. The van der Waals surface area contributed by atoms with E-state index in [0.717, 1.165) is 10.1 Å². The van der Waals surface area contributed by atoms with Crippen LogP contribution in [0.15, 0.2) is 34.1 Å². The molecule has 0 aliphatic carbocycles. The SMILES string of the molecule is Cn1c(=O)c2[nH]c(Cc3ccncc3)nc2n(C)c1=O. The Balaban J connectivity index is 2.17. The van der Waals surface area contributed by atoms with Crippen molar-refractivity contribution in [3.8, 4) is 0 Å². The van der Waals surface area contributed by atoms with Crippen LogP contribution in [0.3, 0.4) is 0 Å². The zero-order valence-corrected chi connectivity index (χ0v) is 11.1. The summed E-state index contributed by atoms with van der Waals surface area (Å²) in [5.74, 6) is 0.643. The van der Waals surface area contributed by atoms with Gasteiger partial charge in [-0.05, 0) is 17.7 Å². The lowest BCUT2D eigenvalue weighted by molar-refractivity contribution is 0.708. The number of nitrogens with one attached hydrogen (secondary N) is 1. The number of pyridine rings is 1. The van der Waals surface area contributed by atoms with Gasteiger partial charge in [0.2, 0.25) is 0 Å². The van der Waals surface area contributed by atoms with E-state index in [2.05, 4.69) is 15.0 Å². The highest BCUT2D eigenvalue weighted by atomic mass is 16.2. The van der Waals surface area contributed by atoms with Crippen molar-refractivity contribution in [3.63, 3.8) is 0 Å². The van der Waals surface area contributed by atoms with Crippen LogP contribution in [-0.4, -0.2) is 24.1 Å². The van der Waals surface area contributed by atoms with Gasteiger partial charge in [0.05, 0.1) is 0 Å². The topological polar surface area (TPSA) is 85.6 Å². The maximum absolute atomic E-state index is 12.0. The van der Waals surface area contributed by atoms with Crippen molar-refractivity contribution < 1.29 is 0 Å². The maximum atomic E-state index is 12.0. The van der Waals surface area contributed by atoms with Crippen molar-refractivity contribution in [2.45, 2.75) is 6.42 Å². The number of aromatic nitrogens is 5. The number of imidazole rings is 1. The summed E-state index contributed by atoms with van der Waals surface area (Å²) >= 11 is 0. The molecule has 0 radical (unpaired) electrons. The molecule has 20 heavy (non-hydrogen) atoms. The standard InChI is InChI=1S/C13H13N5O2/c1-17-11-10(12(19)18(2)13(17)20)15-9(16-11)7-8-3-5-14-6-4-8/h3-6H,7H2,1-2H3,(H,15,16). The van der Waals surface area contributed by atoms with Crippen LogP contribution in [0.2, 0.25) is 0 Å². The largest absolute Gasteiger partial charge is 0.336 e. The number of nitrogens with zero attached hydrogens (tertiary/aromatic N) is 4. The molecule has 3 heterocycles. The molecule has 0 fully saturated rings. The van der Waals surface area contributed by atoms with Crippen LogP contribution in [0, 0.1) is 0 Å². The Kier molecular flexibility index (Phi) is 2.74. The van der Waals surface area contributed by atoms with Gasteiger partial charge in [-0.2, -0.15) is 0 Å². The van der Waals surface area contributed by atoms with Gasteiger partial charge in [0.25, 0.3) is 5.56 Å². The second kappa shape index (κ2) is 4.44. The van der Waals surface area contributed by atoms with Gasteiger partial charge in [-0.15, -0.1) is 0 Å². The minimum absolute atomic E-state index is 0.346. The average molecular weight is 271 g/mol. The second-order valence-electron chi connectivity index (χ2n) is 4.62. The monoisotopic (exact) mass is 271 g/mol. The fraction of sp³-hybridized carbons (Fsp3) is 0.231. The van der Waals surface area contributed by atoms with Gasteiger partial charge in [-0.1, -0.05) is 0 Å². The van der Waals surface area contributed by atoms with Gasteiger partial charge in [0.1, 0.15) is 11.3 Å². The number of aromatic amines is 1. The lowest BCUT2D eigenvalue weighted by Crippen LogP contribution is -2.36. The Hall–Kier alpha value is -2.70. The summed E-state index contributed by atoms with van der Waals surface area (Å²) in [5, 5.41) is 0. The molecule has 0 aromatic carbocycles. The molecule has 0 aliphatic rings. The summed E-state index contributed by atoms with van der Waals surface area (Å²) in [7, 11) is 3.05. The summed E-state index contributed by atoms with van der Waals surface area (Å²) in [6.07, 6.45) is 3.95. The summed E-state index contributed by atoms with van der Waals surface area (Å²) < 4.78 is 2.43. The molecule has 3 rings (SSSR count).